The molecule has 114 valence electrons. The van der Waals surface area contributed by atoms with E-state index < -0.39 is 5.97 Å². The zero-order valence-electron chi connectivity index (χ0n) is 13.3. The maximum atomic E-state index is 11.5. The molecule has 1 N–H and O–H groups in total. The van der Waals surface area contributed by atoms with Gasteiger partial charge in [-0.05, 0) is 55.1 Å². The first-order chi connectivity index (χ1) is 9.92. The van der Waals surface area contributed by atoms with Gasteiger partial charge in [0.1, 0.15) is 0 Å². The predicted molar refractivity (Wildman–Crippen MR) is 82.8 cm³/mol. The van der Waals surface area contributed by atoms with E-state index in [1.54, 1.807) is 0 Å². The number of carboxylic acids is 1. The molecule has 0 saturated heterocycles. The number of aromatic nitrogens is 1. The monoisotopic (exact) mass is 287 g/mol. The van der Waals surface area contributed by atoms with Gasteiger partial charge in [0.15, 0.2) is 0 Å². The second kappa shape index (κ2) is 5.11. The Morgan fingerprint density at radius 2 is 2.10 bits per heavy atom. The third kappa shape index (κ3) is 2.70. The van der Waals surface area contributed by atoms with Crippen LogP contribution in [0.5, 0.6) is 0 Å². The number of hydrogen-bond donors (Lipinski definition) is 1. The molecule has 0 radical (unpaired) electrons. The Morgan fingerprint density at radius 1 is 1.38 bits per heavy atom. The standard InChI is InChI=1S/C18H25NO2/c1-4-18(2,3)13-7-8-15-12(9-13)10-14(17(20)21)16(19-15)11-5-6-11/h10-11,13H,4-9H2,1-3H3,(H,20,21). The molecule has 0 bridgehead atoms. The molecule has 0 amide bonds. The Morgan fingerprint density at radius 3 is 2.67 bits per heavy atom. The molecule has 1 aromatic heterocycles. The number of hydrogen-bond acceptors (Lipinski definition) is 2. The van der Waals surface area contributed by atoms with Gasteiger partial charge in [0.25, 0.3) is 0 Å². The topological polar surface area (TPSA) is 50.2 Å². The summed E-state index contributed by atoms with van der Waals surface area (Å²) in [5.74, 6) is 0.209. The number of aryl methyl sites for hydroxylation is 1. The van der Waals surface area contributed by atoms with Crippen molar-refractivity contribution in [1.29, 1.82) is 0 Å². The summed E-state index contributed by atoms with van der Waals surface area (Å²) >= 11 is 0. The van der Waals surface area contributed by atoms with Crippen LogP contribution < -0.4 is 0 Å². The molecule has 2 aliphatic carbocycles. The highest BCUT2D eigenvalue weighted by molar-refractivity contribution is 5.89. The lowest BCUT2D eigenvalue weighted by molar-refractivity contribution is 0.0694. The fraction of sp³-hybridized carbons (Fsp3) is 0.667. The number of pyridine rings is 1. The van der Waals surface area contributed by atoms with E-state index in [1.807, 2.05) is 6.07 Å². The van der Waals surface area contributed by atoms with Crippen LogP contribution in [0.3, 0.4) is 0 Å². The minimum absolute atomic E-state index is 0.316. The minimum Gasteiger partial charge on any atom is -0.478 e. The molecule has 0 aromatic carbocycles. The third-order valence-corrected chi connectivity index (χ3v) is 5.63. The average molecular weight is 287 g/mol. The fourth-order valence-corrected chi connectivity index (χ4v) is 3.48. The SMILES string of the molecule is CCC(C)(C)C1CCc2nc(C3CC3)c(C(=O)O)cc2C1. The summed E-state index contributed by atoms with van der Waals surface area (Å²) < 4.78 is 0. The Balaban J connectivity index is 1.95. The molecule has 1 fully saturated rings. The number of carbonyl (C=O) groups is 1. The molecule has 1 heterocycles. The van der Waals surface area contributed by atoms with Gasteiger partial charge in [-0.25, -0.2) is 4.79 Å². The smallest absolute Gasteiger partial charge is 0.337 e. The van der Waals surface area contributed by atoms with Gasteiger partial charge in [-0.2, -0.15) is 0 Å². The van der Waals surface area contributed by atoms with E-state index in [2.05, 4.69) is 20.8 Å². The van der Waals surface area contributed by atoms with Crippen molar-refractivity contribution in [3.8, 4) is 0 Å². The summed E-state index contributed by atoms with van der Waals surface area (Å²) in [6, 6.07) is 1.93. The zero-order chi connectivity index (χ0) is 15.2. The van der Waals surface area contributed by atoms with Gasteiger partial charge < -0.3 is 5.11 Å². The van der Waals surface area contributed by atoms with E-state index in [0.717, 1.165) is 43.5 Å². The van der Waals surface area contributed by atoms with Crippen LogP contribution in [-0.2, 0) is 12.8 Å². The van der Waals surface area contributed by atoms with Crippen molar-refractivity contribution in [1.82, 2.24) is 4.98 Å². The van der Waals surface area contributed by atoms with E-state index in [9.17, 15) is 9.90 Å². The van der Waals surface area contributed by atoms with Crippen LogP contribution in [0.15, 0.2) is 6.07 Å². The molecular formula is C18H25NO2. The Bertz CT molecular complexity index is 573. The van der Waals surface area contributed by atoms with Crippen LogP contribution >= 0.6 is 0 Å². The highest BCUT2D eigenvalue weighted by atomic mass is 16.4. The van der Waals surface area contributed by atoms with Gasteiger partial charge in [-0.1, -0.05) is 27.2 Å². The van der Waals surface area contributed by atoms with Gasteiger partial charge >= 0.3 is 5.97 Å². The molecular weight excluding hydrogens is 262 g/mol. The molecule has 0 aliphatic heterocycles. The second-order valence-electron chi connectivity index (χ2n) is 7.39. The van der Waals surface area contributed by atoms with E-state index in [-0.39, 0.29) is 0 Å². The molecule has 3 nitrogen and oxygen atoms in total. The quantitative estimate of drug-likeness (QED) is 0.903. The van der Waals surface area contributed by atoms with Crippen LogP contribution in [0.1, 0.15) is 79.7 Å². The lowest BCUT2D eigenvalue weighted by Gasteiger charge is -2.37. The van der Waals surface area contributed by atoms with Crippen molar-refractivity contribution < 1.29 is 9.90 Å². The molecule has 1 saturated carbocycles. The van der Waals surface area contributed by atoms with Crippen molar-refractivity contribution in [2.75, 3.05) is 0 Å². The highest BCUT2D eigenvalue weighted by Gasteiger charge is 2.35. The van der Waals surface area contributed by atoms with Gasteiger partial charge in [0, 0.05) is 11.6 Å². The molecule has 0 spiro atoms. The summed E-state index contributed by atoms with van der Waals surface area (Å²) in [6.07, 6.45) is 6.51. The summed E-state index contributed by atoms with van der Waals surface area (Å²) in [5.41, 5.74) is 3.94. The molecule has 3 heteroatoms. The Labute approximate surface area is 126 Å². The van der Waals surface area contributed by atoms with Crippen LogP contribution in [0.25, 0.3) is 0 Å². The molecule has 1 atom stereocenters. The van der Waals surface area contributed by atoms with E-state index in [4.69, 9.17) is 4.98 Å². The maximum Gasteiger partial charge on any atom is 0.337 e. The molecule has 3 rings (SSSR count). The van der Waals surface area contributed by atoms with Crippen molar-refractivity contribution in [2.45, 2.75) is 65.2 Å². The number of rotatable bonds is 4. The Kier molecular flexibility index (Phi) is 3.54. The van der Waals surface area contributed by atoms with E-state index >= 15 is 0 Å². The Hall–Kier alpha value is -1.38. The first kappa shape index (κ1) is 14.6. The van der Waals surface area contributed by atoms with Crippen LogP contribution in [0.4, 0.5) is 0 Å². The number of carboxylic acid groups (broad SMARTS) is 1. The third-order valence-electron chi connectivity index (χ3n) is 5.63. The van der Waals surface area contributed by atoms with Gasteiger partial charge in [0.2, 0.25) is 0 Å². The van der Waals surface area contributed by atoms with E-state index in [1.165, 1.54) is 12.0 Å². The number of nitrogens with zero attached hydrogens (tertiary/aromatic N) is 1. The lowest BCUT2D eigenvalue weighted by Crippen LogP contribution is -2.30. The summed E-state index contributed by atoms with van der Waals surface area (Å²) in [5, 5.41) is 9.48. The van der Waals surface area contributed by atoms with Gasteiger partial charge in [-0.3, -0.25) is 4.98 Å². The van der Waals surface area contributed by atoms with Crippen molar-refractivity contribution in [3.63, 3.8) is 0 Å². The maximum absolute atomic E-state index is 11.5. The summed E-state index contributed by atoms with van der Waals surface area (Å²) in [4.78, 5) is 16.3. The molecule has 1 unspecified atom stereocenters. The van der Waals surface area contributed by atoms with Crippen LogP contribution in [0.2, 0.25) is 0 Å². The molecule has 1 aromatic rings. The minimum atomic E-state index is -0.816. The van der Waals surface area contributed by atoms with Gasteiger partial charge in [-0.15, -0.1) is 0 Å². The number of fused-ring (bicyclic) bond motifs is 1. The van der Waals surface area contributed by atoms with Crippen LogP contribution in [0, 0.1) is 11.3 Å². The summed E-state index contributed by atoms with van der Waals surface area (Å²) in [7, 11) is 0. The number of aromatic carboxylic acids is 1. The summed E-state index contributed by atoms with van der Waals surface area (Å²) in [6.45, 7) is 6.90. The van der Waals surface area contributed by atoms with E-state index in [0.29, 0.717) is 22.8 Å². The van der Waals surface area contributed by atoms with Gasteiger partial charge in [0.05, 0.1) is 11.3 Å². The van der Waals surface area contributed by atoms with Crippen molar-refractivity contribution in [2.24, 2.45) is 11.3 Å². The highest BCUT2D eigenvalue weighted by Crippen LogP contribution is 2.43. The molecule has 2 aliphatic rings. The van der Waals surface area contributed by atoms with Crippen molar-refractivity contribution in [3.05, 3.63) is 28.6 Å². The van der Waals surface area contributed by atoms with Crippen LogP contribution in [-0.4, -0.2) is 16.1 Å². The first-order valence-electron chi connectivity index (χ1n) is 8.18. The molecule has 21 heavy (non-hydrogen) atoms. The fourth-order valence-electron chi connectivity index (χ4n) is 3.48. The predicted octanol–water partition coefficient (Wildman–Crippen LogP) is 4.20. The average Bonchev–Trinajstić information content (AvgIpc) is 3.29. The van der Waals surface area contributed by atoms with Crippen molar-refractivity contribution >= 4 is 5.97 Å². The zero-order valence-corrected chi connectivity index (χ0v) is 13.3. The first-order valence-corrected chi connectivity index (χ1v) is 8.18. The normalized spacial score (nSPS) is 22.0. The lowest BCUT2D eigenvalue weighted by atomic mass is 9.69. The second-order valence-corrected chi connectivity index (χ2v) is 7.39. The largest absolute Gasteiger partial charge is 0.478 e.